The van der Waals surface area contributed by atoms with Crippen LogP contribution in [0.15, 0.2) is 0 Å². The maximum absolute atomic E-state index is 4.93. The van der Waals surface area contributed by atoms with E-state index in [0.717, 1.165) is 9.09 Å². The van der Waals surface area contributed by atoms with Gasteiger partial charge in [-0.25, -0.2) is 0 Å². The first-order valence-electron chi connectivity index (χ1n) is 3.56. The molecule has 0 atom stereocenters. The van der Waals surface area contributed by atoms with Crippen molar-refractivity contribution >= 4 is 28.7 Å². The zero-order chi connectivity index (χ0) is 7.84. The van der Waals surface area contributed by atoms with E-state index >= 15 is 0 Å². The van der Waals surface area contributed by atoms with Crippen molar-refractivity contribution in [3.8, 4) is 0 Å². The van der Waals surface area contributed by atoms with E-state index in [9.17, 15) is 0 Å². The Bertz CT molecular complexity index is 299. The second-order valence-electron chi connectivity index (χ2n) is 2.74. The maximum Gasteiger partial charge on any atom is 0.206 e. The smallest absolute Gasteiger partial charge is 0.206 e. The number of nitrogens with one attached hydrogen (secondary N) is 1. The molecule has 2 rings (SSSR count). The van der Waals surface area contributed by atoms with E-state index in [0.29, 0.717) is 6.04 Å². The van der Waals surface area contributed by atoms with Gasteiger partial charge in [0.1, 0.15) is 0 Å². The Labute approximate surface area is 74.1 Å². The van der Waals surface area contributed by atoms with Crippen LogP contribution >= 0.6 is 23.6 Å². The molecule has 5 heteroatoms. The molecule has 11 heavy (non-hydrogen) atoms. The van der Waals surface area contributed by atoms with Gasteiger partial charge in [0.15, 0.2) is 3.95 Å². The van der Waals surface area contributed by atoms with Crippen LogP contribution in [0.1, 0.15) is 12.8 Å². The molecule has 0 amide bonds. The Balaban J connectivity index is 2.20. The van der Waals surface area contributed by atoms with E-state index in [-0.39, 0.29) is 0 Å². The van der Waals surface area contributed by atoms with Gasteiger partial charge in [-0.1, -0.05) is 11.3 Å². The Morgan fingerprint density at radius 2 is 2.45 bits per heavy atom. The average Bonchev–Trinajstić information content (AvgIpc) is 2.74. The third-order valence-electron chi connectivity index (χ3n) is 1.82. The van der Waals surface area contributed by atoms with Crippen molar-refractivity contribution in [2.75, 3.05) is 11.9 Å². The monoisotopic (exact) mass is 187 g/mol. The van der Waals surface area contributed by atoms with Crippen LogP contribution in [0.25, 0.3) is 0 Å². The van der Waals surface area contributed by atoms with Crippen molar-refractivity contribution in [1.29, 1.82) is 0 Å². The Hall–Kier alpha value is -0.420. The Kier molecular flexibility index (Phi) is 1.69. The lowest BCUT2D eigenvalue weighted by atomic mass is 10.6. The first-order chi connectivity index (χ1) is 5.27. The van der Waals surface area contributed by atoms with E-state index in [2.05, 4.69) is 22.1 Å². The molecule has 0 spiro atoms. The molecule has 0 aromatic carbocycles. The van der Waals surface area contributed by atoms with Crippen molar-refractivity contribution < 1.29 is 0 Å². The van der Waals surface area contributed by atoms with Gasteiger partial charge in [-0.3, -0.25) is 5.10 Å². The molecule has 1 aromatic rings. The molecule has 1 heterocycles. The number of anilines is 1. The van der Waals surface area contributed by atoms with Gasteiger partial charge >= 0.3 is 0 Å². The minimum absolute atomic E-state index is 0.712. The molecule has 0 bridgehead atoms. The predicted molar refractivity (Wildman–Crippen MR) is 48.7 cm³/mol. The second-order valence-corrected chi connectivity index (χ2v) is 4.38. The van der Waals surface area contributed by atoms with Crippen molar-refractivity contribution in [2.45, 2.75) is 18.9 Å². The number of H-pyrrole nitrogens is 1. The van der Waals surface area contributed by atoms with Crippen LogP contribution < -0.4 is 4.90 Å². The minimum atomic E-state index is 0.712. The number of aromatic nitrogens is 2. The van der Waals surface area contributed by atoms with Crippen LogP contribution in [-0.4, -0.2) is 23.3 Å². The van der Waals surface area contributed by atoms with Gasteiger partial charge in [-0.05, 0) is 25.1 Å². The van der Waals surface area contributed by atoms with Crippen molar-refractivity contribution in [3.63, 3.8) is 0 Å². The molecule has 0 saturated heterocycles. The molecule has 60 valence electrons. The molecule has 0 radical (unpaired) electrons. The summed E-state index contributed by atoms with van der Waals surface area (Å²) in [5.74, 6) is 0. The van der Waals surface area contributed by atoms with Crippen LogP contribution in [0.3, 0.4) is 0 Å². The highest BCUT2D eigenvalue weighted by atomic mass is 32.1. The molecular weight excluding hydrogens is 178 g/mol. The molecular formula is C6H9N3S2. The number of hydrogen-bond acceptors (Lipinski definition) is 4. The molecule has 1 saturated carbocycles. The Morgan fingerprint density at radius 1 is 1.73 bits per heavy atom. The summed E-state index contributed by atoms with van der Waals surface area (Å²) in [5, 5.41) is 7.88. The highest BCUT2D eigenvalue weighted by Crippen LogP contribution is 2.30. The lowest BCUT2D eigenvalue weighted by Gasteiger charge is -2.12. The van der Waals surface area contributed by atoms with Crippen molar-refractivity contribution in [2.24, 2.45) is 0 Å². The van der Waals surface area contributed by atoms with Crippen molar-refractivity contribution in [1.82, 2.24) is 10.2 Å². The SMILES string of the molecule is CN(c1n[nH]c(=S)s1)C1CC1. The Morgan fingerprint density at radius 3 is 2.91 bits per heavy atom. The van der Waals surface area contributed by atoms with Crippen LogP contribution in [0.4, 0.5) is 5.13 Å². The summed E-state index contributed by atoms with van der Waals surface area (Å²) in [4.78, 5) is 2.19. The van der Waals surface area contributed by atoms with E-state index in [1.54, 1.807) is 0 Å². The zero-order valence-electron chi connectivity index (χ0n) is 6.20. The van der Waals surface area contributed by atoms with Crippen molar-refractivity contribution in [3.05, 3.63) is 3.95 Å². The summed E-state index contributed by atoms with van der Waals surface area (Å²) in [6, 6.07) is 0.712. The molecule has 3 nitrogen and oxygen atoms in total. The van der Waals surface area contributed by atoms with Gasteiger partial charge in [-0.2, -0.15) is 0 Å². The molecule has 1 aromatic heterocycles. The van der Waals surface area contributed by atoms with E-state index in [1.165, 1.54) is 24.2 Å². The van der Waals surface area contributed by atoms with Crippen LogP contribution in [0, 0.1) is 3.95 Å². The summed E-state index contributed by atoms with van der Waals surface area (Å²) >= 11 is 6.47. The summed E-state index contributed by atoms with van der Waals surface area (Å²) in [6.45, 7) is 0. The van der Waals surface area contributed by atoms with Gasteiger partial charge in [0.05, 0.1) is 0 Å². The molecule has 1 aliphatic rings. The van der Waals surface area contributed by atoms with Crippen LogP contribution in [-0.2, 0) is 0 Å². The minimum Gasteiger partial charge on any atom is -0.347 e. The summed E-state index contributed by atoms with van der Waals surface area (Å²) < 4.78 is 0.757. The van der Waals surface area contributed by atoms with E-state index in [4.69, 9.17) is 12.2 Å². The molecule has 1 aliphatic carbocycles. The van der Waals surface area contributed by atoms with Gasteiger partial charge in [0, 0.05) is 13.1 Å². The quantitative estimate of drug-likeness (QED) is 0.716. The van der Waals surface area contributed by atoms with E-state index < -0.39 is 0 Å². The van der Waals surface area contributed by atoms with Crippen LogP contribution in [0.2, 0.25) is 0 Å². The predicted octanol–water partition coefficient (Wildman–Crippen LogP) is 1.80. The second kappa shape index (κ2) is 2.57. The highest BCUT2D eigenvalue weighted by molar-refractivity contribution is 7.73. The number of hydrogen-bond donors (Lipinski definition) is 1. The summed E-state index contributed by atoms with van der Waals surface area (Å²) in [5.41, 5.74) is 0. The number of aromatic amines is 1. The van der Waals surface area contributed by atoms with E-state index in [1.807, 2.05) is 0 Å². The molecule has 0 unspecified atom stereocenters. The van der Waals surface area contributed by atoms with Gasteiger partial charge < -0.3 is 4.90 Å². The fraction of sp³-hybridized carbons (Fsp3) is 0.667. The lowest BCUT2D eigenvalue weighted by molar-refractivity contribution is 0.887. The summed E-state index contributed by atoms with van der Waals surface area (Å²) in [6.07, 6.45) is 2.59. The topological polar surface area (TPSA) is 31.9 Å². The van der Waals surface area contributed by atoms with Gasteiger partial charge in [-0.15, -0.1) is 5.10 Å². The number of rotatable bonds is 2. The van der Waals surface area contributed by atoms with Crippen LogP contribution in [0.5, 0.6) is 0 Å². The highest BCUT2D eigenvalue weighted by Gasteiger charge is 2.27. The average molecular weight is 187 g/mol. The fourth-order valence-corrected chi connectivity index (χ4v) is 1.90. The standard InChI is InChI=1S/C6H9N3S2/c1-9(4-2-3-4)5-7-8-6(10)11-5/h4H,2-3H2,1H3,(H,8,10). The normalized spacial score (nSPS) is 16.8. The molecule has 0 aliphatic heterocycles. The largest absolute Gasteiger partial charge is 0.347 e. The first kappa shape index (κ1) is 7.24. The number of nitrogens with zero attached hydrogens (tertiary/aromatic N) is 2. The molecule has 1 N–H and O–H groups in total. The third kappa shape index (κ3) is 1.44. The van der Waals surface area contributed by atoms with Gasteiger partial charge in [0.2, 0.25) is 5.13 Å². The molecule has 1 fully saturated rings. The first-order valence-corrected chi connectivity index (χ1v) is 4.78. The van der Waals surface area contributed by atoms with Gasteiger partial charge in [0.25, 0.3) is 0 Å². The zero-order valence-corrected chi connectivity index (χ0v) is 7.84. The fourth-order valence-electron chi connectivity index (χ4n) is 0.991. The maximum atomic E-state index is 4.93. The lowest BCUT2D eigenvalue weighted by Crippen LogP contribution is -2.18. The third-order valence-corrected chi connectivity index (χ3v) is 3.00. The summed E-state index contributed by atoms with van der Waals surface area (Å²) in [7, 11) is 2.07.